The minimum Gasteiger partial charge on any atom is -0.311 e. The molecule has 0 spiro atoms. The number of aromatic nitrogens is 3. The lowest BCUT2D eigenvalue weighted by atomic mass is 9.96. The number of hydrazine groups is 1. The quantitative estimate of drug-likeness (QED) is 0.410. The highest BCUT2D eigenvalue weighted by atomic mass is 35.5. The molecular formula is C18H16ClN7O2. The second kappa shape index (κ2) is 8.78. The maximum Gasteiger partial charge on any atom is 0.236 e. The van der Waals surface area contributed by atoms with E-state index >= 15 is 0 Å². The first-order valence-electron chi connectivity index (χ1n) is 8.13. The Kier molecular flexibility index (Phi) is 5.97. The number of rotatable bonds is 7. The molecule has 0 radical (unpaired) electrons. The van der Waals surface area contributed by atoms with Gasteiger partial charge in [-0.3, -0.25) is 25.4 Å². The fourth-order valence-electron chi connectivity index (χ4n) is 2.71. The average Bonchev–Trinajstić information content (AvgIpc) is 2.73. The Bertz CT molecular complexity index is 1050. The maximum absolute atomic E-state index is 11.7. The van der Waals surface area contributed by atoms with E-state index in [4.69, 9.17) is 11.6 Å². The van der Waals surface area contributed by atoms with Gasteiger partial charge in [0.1, 0.15) is 0 Å². The molecule has 3 rings (SSSR count). The summed E-state index contributed by atoms with van der Waals surface area (Å²) in [6, 6.07) is 10.7. The van der Waals surface area contributed by atoms with E-state index in [-0.39, 0.29) is 11.3 Å². The number of amides is 1. The molecule has 2 aromatic heterocycles. The molecule has 0 fully saturated rings. The standard InChI is InChI=1S/C18H16ClN7O2/c1-20-24-18-16(12-2-4-14(19)5-3-12)15(13-6-8-21-9-7-13)17(23-22-10-27)25-26(18)11-28/h2-11,20H,1H3,(H,22,27)(H,23,25)/b24-18-. The molecule has 0 aliphatic carbocycles. The zero-order valence-electron chi connectivity index (χ0n) is 14.8. The Labute approximate surface area is 165 Å². The molecule has 0 unspecified atom stereocenters. The molecule has 0 saturated carbocycles. The minimum absolute atomic E-state index is 0.255. The molecule has 9 nitrogen and oxygen atoms in total. The van der Waals surface area contributed by atoms with Crippen LogP contribution in [0, 0.1) is 0 Å². The monoisotopic (exact) mass is 397 g/mol. The maximum atomic E-state index is 11.7. The van der Waals surface area contributed by atoms with Crippen LogP contribution in [0.5, 0.6) is 0 Å². The fourth-order valence-corrected chi connectivity index (χ4v) is 2.84. The van der Waals surface area contributed by atoms with Crippen LogP contribution in [0.15, 0.2) is 53.9 Å². The van der Waals surface area contributed by atoms with E-state index in [9.17, 15) is 9.59 Å². The van der Waals surface area contributed by atoms with Crippen molar-refractivity contribution in [1.29, 1.82) is 0 Å². The van der Waals surface area contributed by atoms with Crippen molar-refractivity contribution in [1.82, 2.24) is 25.6 Å². The van der Waals surface area contributed by atoms with Gasteiger partial charge in [-0.1, -0.05) is 23.7 Å². The molecule has 0 atom stereocenters. The number of nitrogens with zero attached hydrogens (tertiary/aromatic N) is 4. The Morgan fingerprint density at radius 2 is 1.71 bits per heavy atom. The number of nitrogens with one attached hydrogen (secondary N) is 3. The third kappa shape index (κ3) is 3.84. The molecule has 142 valence electrons. The van der Waals surface area contributed by atoms with Crippen molar-refractivity contribution in [3.8, 4) is 22.3 Å². The first kappa shape index (κ1) is 19.1. The summed E-state index contributed by atoms with van der Waals surface area (Å²) in [4.78, 5) is 26.5. The highest BCUT2D eigenvalue weighted by molar-refractivity contribution is 6.30. The molecule has 3 aromatic rings. The molecule has 2 heterocycles. The first-order valence-corrected chi connectivity index (χ1v) is 8.51. The number of anilines is 1. The summed E-state index contributed by atoms with van der Waals surface area (Å²) >= 11 is 6.04. The molecule has 28 heavy (non-hydrogen) atoms. The molecule has 1 amide bonds. The normalized spacial score (nSPS) is 11.0. The summed E-state index contributed by atoms with van der Waals surface area (Å²) in [5.41, 5.74) is 10.8. The number of benzene rings is 1. The molecule has 0 bridgehead atoms. The van der Waals surface area contributed by atoms with E-state index in [1.807, 2.05) is 12.1 Å². The van der Waals surface area contributed by atoms with Gasteiger partial charge in [-0.2, -0.15) is 9.78 Å². The highest BCUT2D eigenvalue weighted by Gasteiger charge is 2.19. The van der Waals surface area contributed by atoms with Gasteiger partial charge in [0, 0.05) is 35.6 Å². The van der Waals surface area contributed by atoms with Gasteiger partial charge in [0.15, 0.2) is 11.3 Å². The van der Waals surface area contributed by atoms with Gasteiger partial charge in [0.05, 0.1) is 0 Å². The molecule has 0 aliphatic heterocycles. The van der Waals surface area contributed by atoms with Crippen molar-refractivity contribution < 1.29 is 9.59 Å². The topological polar surface area (TPSA) is 113 Å². The predicted molar refractivity (Wildman–Crippen MR) is 105 cm³/mol. The van der Waals surface area contributed by atoms with Gasteiger partial charge in [-0.05, 0) is 35.4 Å². The van der Waals surface area contributed by atoms with Gasteiger partial charge >= 0.3 is 0 Å². The highest BCUT2D eigenvalue weighted by Crippen LogP contribution is 2.34. The summed E-state index contributed by atoms with van der Waals surface area (Å²) in [5.74, 6) is 0.255. The summed E-state index contributed by atoms with van der Waals surface area (Å²) in [7, 11) is 1.62. The summed E-state index contributed by atoms with van der Waals surface area (Å²) < 4.78 is 1.07. The van der Waals surface area contributed by atoms with Crippen LogP contribution in [0.2, 0.25) is 5.02 Å². The van der Waals surface area contributed by atoms with Gasteiger partial charge in [0.25, 0.3) is 0 Å². The van der Waals surface area contributed by atoms with Gasteiger partial charge < -0.3 is 5.43 Å². The van der Waals surface area contributed by atoms with Crippen LogP contribution in [-0.4, -0.2) is 34.6 Å². The van der Waals surface area contributed by atoms with Crippen molar-refractivity contribution in [2.24, 2.45) is 5.10 Å². The van der Waals surface area contributed by atoms with E-state index < -0.39 is 0 Å². The number of hydrogen-bond acceptors (Lipinski definition) is 7. The van der Waals surface area contributed by atoms with Crippen molar-refractivity contribution in [3.63, 3.8) is 0 Å². The molecule has 0 saturated heterocycles. The largest absolute Gasteiger partial charge is 0.311 e. The SMILES string of the molecule is CN/N=c1/c(-c2ccc(Cl)cc2)c(-c2ccncc2)c(NNC=O)nn1C=O. The second-order valence-corrected chi connectivity index (χ2v) is 5.87. The summed E-state index contributed by atoms with van der Waals surface area (Å²) in [6.45, 7) is 0. The third-order valence-corrected chi connectivity index (χ3v) is 4.06. The number of halogens is 1. The average molecular weight is 398 g/mol. The van der Waals surface area contributed by atoms with Crippen LogP contribution < -0.4 is 21.8 Å². The smallest absolute Gasteiger partial charge is 0.236 e. The van der Waals surface area contributed by atoms with Crippen LogP contribution in [0.3, 0.4) is 0 Å². The number of pyridine rings is 1. The molecule has 0 aliphatic rings. The Morgan fingerprint density at radius 3 is 2.32 bits per heavy atom. The Hall–Kier alpha value is -3.72. The summed E-state index contributed by atoms with van der Waals surface area (Å²) in [6.07, 6.45) is 4.26. The van der Waals surface area contributed by atoms with Crippen LogP contribution in [0.1, 0.15) is 0 Å². The zero-order chi connectivity index (χ0) is 19.9. The van der Waals surface area contributed by atoms with E-state index in [1.165, 1.54) is 0 Å². The van der Waals surface area contributed by atoms with Gasteiger partial charge in [-0.25, -0.2) is 0 Å². The van der Waals surface area contributed by atoms with E-state index in [2.05, 4.69) is 31.5 Å². The van der Waals surface area contributed by atoms with Crippen LogP contribution in [0.4, 0.5) is 5.82 Å². The van der Waals surface area contributed by atoms with Crippen molar-refractivity contribution in [3.05, 3.63) is 59.3 Å². The van der Waals surface area contributed by atoms with E-state index in [0.29, 0.717) is 29.0 Å². The number of carbonyl (C=O) groups is 2. The van der Waals surface area contributed by atoms with Crippen molar-refractivity contribution >= 4 is 30.2 Å². The van der Waals surface area contributed by atoms with E-state index in [1.54, 1.807) is 43.7 Å². The van der Waals surface area contributed by atoms with Crippen LogP contribution in [-0.2, 0) is 9.59 Å². The Morgan fingerprint density at radius 1 is 1.04 bits per heavy atom. The van der Waals surface area contributed by atoms with Crippen molar-refractivity contribution in [2.75, 3.05) is 12.5 Å². The predicted octanol–water partition coefficient (Wildman–Crippen LogP) is 1.41. The lowest BCUT2D eigenvalue weighted by molar-refractivity contribution is -0.109. The lowest BCUT2D eigenvalue weighted by Crippen LogP contribution is -2.31. The second-order valence-electron chi connectivity index (χ2n) is 5.44. The fraction of sp³-hybridized carbons (Fsp3) is 0.0556. The van der Waals surface area contributed by atoms with Gasteiger partial charge in [-0.15, -0.1) is 5.10 Å². The molecular weight excluding hydrogens is 382 g/mol. The zero-order valence-corrected chi connectivity index (χ0v) is 15.5. The van der Waals surface area contributed by atoms with Crippen LogP contribution in [0.25, 0.3) is 22.3 Å². The van der Waals surface area contributed by atoms with Gasteiger partial charge in [0.2, 0.25) is 12.8 Å². The lowest BCUT2D eigenvalue weighted by Gasteiger charge is -2.17. The molecule has 10 heteroatoms. The summed E-state index contributed by atoms with van der Waals surface area (Å²) in [5, 5.41) is 9.07. The van der Waals surface area contributed by atoms with Crippen LogP contribution >= 0.6 is 11.6 Å². The molecule has 3 N–H and O–H groups in total. The molecule has 1 aromatic carbocycles. The Balaban J connectivity index is 2.46. The van der Waals surface area contributed by atoms with Crippen molar-refractivity contribution in [2.45, 2.75) is 0 Å². The minimum atomic E-state index is 0.255. The number of carbonyl (C=O) groups excluding carboxylic acids is 2. The number of hydrogen-bond donors (Lipinski definition) is 3. The first-order chi connectivity index (χ1) is 13.7. The third-order valence-electron chi connectivity index (χ3n) is 3.80. The van der Waals surface area contributed by atoms with E-state index in [0.717, 1.165) is 15.8 Å².